The number of aromatic nitrogens is 5. The van der Waals surface area contributed by atoms with E-state index in [9.17, 15) is 0 Å². The number of furan rings is 1. The van der Waals surface area contributed by atoms with E-state index in [1.165, 1.54) is 11.1 Å². The number of imidazole rings is 1. The van der Waals surface area contributed by atoms with Gasteiger partial charge >= 0.3 is 151 Å². The molecule has 0 atom stereocenters. The van der Waals surface area contributed by atoms with Gasteiger partial charge in [-0.1, -0.05) is 26.2 Å². The molecule has 58 heavy (non-hydrogen) atoms. The van der Waals surface area contributed by atoms with E-state index in [1.807, 2.05) is 13.0 Å². The number of pyridine rings is 3. The van der Waals surface area contributed by atoms with Crippen LogP contribution in [0.4, 0.5) is 0 Å². The van der Waals surface area contributed by atoms with Crippen molar-refractivity contribution < 1.29 is 24.5 Å². The van der Waals surface area contributed by atoms with Crippen LogP contribution in [-0.4, -0.2) is 37.8 Å². The van der Waals surface area contributed by atoms with E-state index in [2.05, 4.69) is 172 Å². The van der Waals surface area contributed by atoms with Gasteiger partial charge in [0.15, 0.2) is 0 Å². The van der Waals surface area contributed by atoms with E-state index < -0.39 is 13.3 Å². The predicted molar refractivity (Wildman–Crippen MR) is 243 cm³/mol. The van der Waals surface area contributed by atoms with Gasteiger partial charge in [0.05, 0.1) is 28.1 Å². The molecule has 0 spiro atoms. The van der Waals surface area contributed by atoms with Crippen LogP contribution in [-0.2, 0) is 43.9 Å². The first kappa shape index (κ1) is 45.4. The molecule has 5 heterocycles. The molecule has 0 saturated carbocycles. The number of nitrogens with zero attached hydrogens (tertiary/aromatic N) is 5. The fraction of sp³-hybridized carbons (Fsp3) is 0.440. The molecule has 0 bridgehead atoms. The Bertz CT molecular complexity index is 2550. The van der Waals surface area contributed by atoms with Crippen LogP contribution in [0, 0.1) is 37.3 Å². The van der Waals surface area contributed by atoms with Gasteiger partial charge in [-0.25, -0.2) is 4.98 Å². The Morgan fingerprint density at radius 2 is 1.48 bits per heavy atom. The summed E-state index contributed by atoms with van der Waals surface area (Å²) in [7, 11) is 0. The van der Waals surface area contributed by atoms with Gasteiger partial charge in [0.1, 0.15) is 0 Å². The predicted octanol–water partition coefficient (Wildman–Crippen LogP) is 12.7. The third-order valence-electron chi connectivity index (χ3n) is 10.3. The average Bonchev–Trinajstić information content (AvgIpc) is 3.65. The van der Waals surface area contributed by atoms with Gasteiger partial charge < -0.3 is 8.98 Å². The molecule has 0 unspecified atom stereocenters. The Kier molecular flexibility index (Phi) is 13.1. The molecular weight excluding hydrogens is 951 g/mol. The molecule has 0 N–H and O–H groups in total. The third-order valence-corrected chi connectivity index (χ3v) is 14.6. The maximum Gasteiger partial charge on any atom is 0.216 e. The van der Waals surface area contributed by atoms with E-state index in [0.717, 1.165) is 80.0 Å². The van der Waals surface area contributed by atoms with Crippen LogP contribution in [0.25, 0.3) is 55.7 Å². The minimum absolute atomic E-state index is 0. The zero-order chi connectivity index (χ0) is 41.8. The number of hydrogen-bond donors (Lipinski definition) is 0. The molecule has 7 rings (SSSR count). The second kappa shape index (κ2) is 16.8. The molecule has 5 aromatic heterocycles. The van der Waals surface area contributed by atoms with Crippen molar-refractivity contribution in [1.29, 1.82) is 0 Å². The Hall–Kier alpha value is -3.65. The van der Waals surface area contributed by atoms with Crippen molar-refractivity contribution in [3.05, 3.63) is 101 Å². The Labute approximate surface area is 363 Å². The van der Waals surface area contributed by atoms with Gasteiger partial charge in [0, 0.05) is 42.4 Å². The molecule has 0 aliphatic carbocycles. The van der Waals surface area contributed by atoms with Gasteiger partial charge in [0.2, 0.25) is 5.71 Å². The first-order chi connectivity index (χ1) is 26.4. The Morgan fingerprint density at radius 1 is 0.793 bits per heavy atom. The summed E-state index contributed by atoms with van der Waals surface area (Å²) in [6.07, 6.45) is 4.19. The van der Waals surface area contributed by atoms with Crippen LogP contribution in [0.2, 0.25) is 17.3 Å². The zero-order valence-corrected chi connectivity index (χ0v) is 42.2. The van der Waals surface area contributed by atoms with Crippen molar-refractivity contribution in [2.24, 2.45) is 11.3 Å². The van der Waals surface area contributed by atoms with Crippen LogP contribution in [0.15, 0.2) is 65.2 Å². The van der Waals surface area contributed by atoms with Crippen LogP contribution in [0.5, 0.6) is 0 Å². The molecule has 0 aliphatic rings. The normalized spacial score (nSPS) is 12.6. The molecule has 7 aromatic rings. The minimum Gasteiger partial charge on any atom is -0.486 e. The summed E-state index contributed by atoms with van der Waals surface area (Å²) in [5.41, 5.74) is 12.6. The number of hydrogen-bond acceptors (Lipinski definition) is 5. The molecule has 2 aromatic carbocycles. The maximum atomic E-state index is 6.11. The number of benzene rings is 2. The standard InChI is InChI=1S/C28H31N4O.C22H32GeN.Ir/c1-16-13-22-24(17(2)29-16)32(28(6,7)8)25(31-22)18-9-12-23-21(14-18)20-11-10-19(15-27(3,4)5)30-26(20)33-23;1-16(2)13-18-14-21(24-15-20(18)23(6,7)8)17-9-11-19(12-10-17)22(3,4)5;/h10-14H,15H2,1-8H3;9,11-12,14-16H,13H2,1-8H3;/q2*-1;. The van der Waals surface area contributed by atoms with Crippen molar-refractivity contribution in [3.8, 4) is 22.6 Å². The monoisotopic (exact) mass is 1020 g/mol. The summed E-state index contributed by atoms with van der Waals surface area (Å²) in [5.74, 6) is 8.90. The summed E-state index contributed by atoms with van der Waals surface area (Å²) in [6.45, 7) is 28.6. The first-order valence-electron chi connectivity index (χ1n) is 20.5. The molecule has 0 saturated heterocycles. The quantitative estimate of drug-likeness (QED) is 0.123. The molecular formula is C50H63GeIrN5O-2. The van der Waals surface area contributed by atoms with Crippen molar-refractivity contribution in [1.82, 2.24) is 24.5 Å². The van der Waals surface area contributed by atoms with Gasteiger partial charge in [-0.05, 0) is 64.7 Å². The van der Waals surface area contributed by atoms with E-state index in [1.54, 1.807) is 4.40 Å². The first-order valence-corrected chi connectivity index (χ1v) is 27.9. The van der Waals surface area contributed by atoms with Gasteiger partial charge in [0.25, 0.3) is 0 Å². The van der Waals surface area contributed by atoms with Crippen LogP contribution >= 0.6 is 0 Å². The van der Waals surface area contributed by atoms with Crippen LogP contribution < -0.4 is 4.40 Å². The SMILES string of the molecule is CC(C)Cc1cc(-c2[c-]cc(C(C)(C)C)cc2)nc[c]1[Ge]([CH3])([CH3])[CH3].Cc1cc2nc(-c3[c-]cc4oc5nc(CC(C)(C)C)ccc5c4c3)n(C(C)(C)C)c2c(C)n1.[Ir]. The largest absolute Gasteiger partial charge is 0.486 e. The van der Waals surface area contributed by atoms with E-state index in [4.69, 9.17) is 24.4 Å². The Morgan fingerprint density at radius 3 is 2.07 bits per heavy atom. The minimum atomic E-state index is -1.90. The molecule has 0 amide bonds. The van der Waals surface area contributed by atoms with E-state index in [0.29, 0.717) is 11.6 Å². The van der Waals surface area contributed by atoms with E-state index >= 15 is 0 Å². The van der Waals surface area contributed by atoms with Crippen LogP contribution in [0.1, 0.15) is 104 Å². The summed E-state index contributed by atoms with van der Waals surface area (Å²) in [5, 5.41) is 2.05. The molecule has 309 valence electrons. The molecule has 0 aliphatic heterocycles. The average molecular weight is 1010 g/mol. The van der Waals surface area contributed by atoms with Crippen molar-refractivity contribution in [2.75, 3.05) is 0 Å². The second-order valence-corrected chi connectivity index (χ2v) is 31.2. The molecule has 1 radical (unpaired) electrons. The molecule has 6 nitrogen and oxygen atoms in total. The summed E-state index contributed by atoms with van der Waals surface area (Å²) < 4.78 is 9.93. The molecule has 8 heteroatoms. The zero-order valence-electron chi connectivity index (χ0n) is 37.7. The number of fused-ring (bicyclic) bond motifs is 4. The van der Waals surface area contributed by atoms with Gasteiger partial charge in [-0.2, -0.15) is 0 Å². The summed E-state index contributed by atoms with van der Waals surface area (Å²) >= 11 is -1.90. The van der Waals surface area contributed by atoms with Crippen molar-refractivity contribution >= 4 is 50.8 Å². The number of rotatable bonds is 6. The van der Waals surface area contributed by atoms with Crippen molar-refractivity contribution in [2.45, 2.75) is 131 Å². The maximum absolute atomic E-state index is 6.11. The third kappa shape index (κ3) is 10.2. The molecule has 0 fully saturated rings. The Balaban J connectivity index is 0.000000229. The fourth-order valence-electron chi connectivity index (χ4n) is 7.66. The fourth-order valence-corrected chi connectivity index (χ4v) is 11.0. The van der Waals surface area contributed by atoms with Gasteiger partial charge in [-0.3, -0.25) is 9.97 Å². The second-order valence-electron chi connectivity index (χ2n) is 20.6. The van der Waals surface area contributed by atoms with Crippen LogP contribution in [0.3, 0.4) is 0 Å². The summed E-state index contributed by atoms with van der Waals surface area (Å²) in [6, 6.07) is 26.0. The van der Waals surface area contributed by atoms with Crippen molar-refractivity contribution in [3.63, 3.8) is 0 Å². The smallest absolute Gasteiger partial charge is 0.216 e. The topological polar surface area (TPSA) is 69.6 Å². The van der Waals surface area contributed by atoms with Gasteiger partial charge in [-0.15, -0.1) is 23.8 Å². The summed E-state index contributed by atoms with van der Waals surface area (Å²) in [4.78, 5) is 19.3. The van der Waals surface area contributed by atoms with E-state index in [-0.39, 0.29) is 36.5 Å². The number of aryl methyl sites for hydroxylation is 2.